The molecule has 0 saturated carbocycles. The number of rotatable bonds is 7. The Morgan fingerprint density at radius 1 is 1.32 bits per heavy atom. The van der Waals surface area contributed by atoms with Crippen LogP contribution < -0.4 is 14.8 Å². The Hall–Kier alpha value is -1.75. The monoisotopic (exact) mass is 267 g/mol. The molecule has 0 bridgehead atoms. The third kappa shape index (κ3) is 4.44. The van der Waals surface area contributed by atoms with E-state index in [2.05, 4.69) is 5.32 Å². The second-order valence-corrected chi connectivity index (χ2v) is 4.23. The molecule has 1 unspecified atom stereocenters. The van der Waals surface area contributed by atoms with Gasteiger partial charge in [-0.15, -0.1) is 0 Å². The number of carbonyl (C=O) groups excluding carboxylic acids is 1. The van der Waals surface area contributed by atoms with Gasteiger partial charge in [0.2, 0.25) is 5.91 Å². The van der Waals surface area contributed by atoms with Crippen molar-refractivity contribution in [2.75, 3.05) is 20.8 Å². The predicted molar refractivity (Wildman–Crippen MR) is 72.4 cm³/mol. The highest BCUT2D eigenvalue weighted by Gasteiger charge is 2.12. The summed E-state index contributed by atoms with van der Waals surface area (Å²) in [7, 11) is 3.16. The topological polar surface area (TPSA) is 67.8 Å². The minimum atomic E-state index is -0.119. The minimum Gasteiger partial charge on any atom is -0.493 e. The van der Waals surface area contributed by atoms with E-state index < -0.39 is 0 Å². The molecular formula is C14H21NO4. The van der Waals surface area contributed by atoms with Crippen molar-refractivity contribution in [1.29, 1.82) is 0 Å². The van der Waals surface area contributed by atoms with Crippen LogP contribution in [0.1, 0.15) is 31.4 Å². The zero-order valence-corrected chi connectivity index (χ0v) is 11.6. The van der Waals surface area contributed by atoms with Crippen LogP contribution in [0.5, 0.6) is 11.5 Å². The van der Waals surface area contributed by atoms with Gasteiger partial charge in [0.25, 0.3) is 0 Å². The van der Waals surface area contributed by atoms with Gasteiger partial charge in [-0.2, -0.15) is 0 Å². The minimum absolute atomic E-state index is 0.0260. The van der Waals surface area contributed by atoms with Crippen molar-refractivity contribution in [3.8, 4) is 11.5 Å². The van der Waals surface area contributed by atoms with Gasteiger partial charge >= 0.3 is 0 Å². The number of carbonyl (C=O) groups is 1. The van der Waals surface area contributed by atoms with Gasteiger partial charge in [0, 0.05) is 13.0 Å². The largest absolute Gasteiger partial charge is 0.493 e. The van der Waals surface area contributed by atoms with Gasteiger partial charge in [0.15, 0.2) is 11.5 Å². The van der Waals surface area contributed by atoms with Gasteiger partial charge in [-0.3, -0.25) is 4.79 Å². The molecule has 0 radical (unpaired) electrons. The molecule has 1 atom stereocenters. The number of ether oxygens (including phenoxy) is 2. The zero-order chi connectivity index (χ0) is 14.3. The van der Waals surface area contributed by atoms with Crippen molar-refractivity contribution in [2.45, 2.75) is 25.8 Å². The summed E-state index contributed by atoms with van der Waals surface area (Å²) in [5, 5.41) is 11.6. The Morgan fingerprint density at radius 3 is 2.58 bits per heavy atom. The molecule has 1 amide bonds. The number of aliphatic hydroxyl groups is 1. The van der Waals surface area contributed by atoms with Crippen molar-refractivity contribution >= 4 is 5.91 Å². The smallest absolute Gasteiger partial charge is 0.220 e. The third-order valence-corrected chi connectivity index (χ3v) is 2.85. The molecule has 0 aromatic heterocycles. The first-order chi connectivity index (χ1) is 9.12. The van der Waals surface area contributed by atoms with Crippen LogP contribution in [0.4, 0.5) is 0 Å². The van der Waals surface area contributed by atoms with E-state index >= 15 is 0 Å². The Kier molecular flexibility index (Phi) is 6.15. The lowest BCUT2D eigenvalue weighted by atomic mass is 10.1. The molecule has 1 aromatic rings. The molecule has 19 heavy (non-hydrogen) atoms. The molecule has 0 aliphatic rings. The van der Waals surface area contributed by atoms with Crippen LogP contribution in [-0.2, 0) is 4.79 Å². The molecular weight excluding hydrogens is 246 g/mol. The number of hydrogen-bond acceptors (Lipinski definition) is 4. The Balaban J connectivity index is 2.71. The molecule has 5 nitrogen and oxygen atoms in total. The van der Waals surface area contributed by atoms with Crippen LogP contribution in [0.2, 0.25) is 0 Å². The van der Waals surface area contributed by atoms with Crippen molar-refractivity contribution < 1.29 is 19.4 Å². The fourth-order valence-electron chi connectivity index (χ4n) is 1.76. The predicted octanol–water partition coefficient (Wildman–Crippen LogP) is 1.65. The molecule has 1 aromatic carbocycles. The summed E-state index contributed by atoms with van der Waals surface area (Å²) in [5.74, 6) is 1.22. The highest BCUT2D eigenvalue weighted by Crippen LogP contribution is 2.29. The molecule has 0 saturated heterocycles. The van der Waals surface area contributed by atoms with Gasteiger partial charge in [-0.05, 0) is 31.0 Å². The molecule has 0 fully saturated rings. The summed E-state index contributed by atoms with van der Waals surface area (Å²) in [6.07, 6.45) is 0.804. The molecule has 106 valence electrons. The third-order valence-electron chi connectivity index (χ3n) is 2.85. The summed E-state index contributed by atoms with van der Waals surface area (Å²) in [6.45, 7) is 1.93. The Bertz CT molecular complexity index is 420. The van der Waals surface area contributed by atoms with Crippen LogP contribution in [0.15, 0.2) is 18.2 Å². The summed E-state index contributed by atoms with van der Waals surface area (Å²) < 4.78 is 10.4. The number of aliphatic hydroxyl groups excluding tert-OH is 1. The van der Waals surface area contributed by atoms with Gasteiger partial charge < -0.3 is 19.9 Å². The van der Waals surface area contributed by atoms with E-state index in [1.54, 1.807) is 14.2 Å². The number of methoxy groups -OCH3 is 2. The normalized spacial score (nSPS) is 11.8. The van der Waals surface area contributed by atoms with Gasteiger partial charge in [-0.25, -0.2) is 0 Å². The lowest BCUT2D eigenvalue weighted by Crippen LogP contribution is -2.26. The van der Waals surface area contributed by atoms with Crippen molar-refractivity contribution in [1.82, 2.24) is 5.32 Å². The lowest BCUT2D eigenvalue weighted by Gasteiger charge is -2.16. The lowest BCUT2D eigenvalue weighted by molar-refractivity contribution is -0.122. The SMILES string of the molecule is COc1ccc(C(C)NC(=O)CCCO)cc1OC. The van der Waals surface area contributed by atoms with Gasteiger partial charge in [0.05, 0.1) is 20.3 Å². The molecule has 1 rings (SSSR count). The molecule has 0 aliphatic heterocycles. The first kappa shape index (κ1) is 15.3. The first-order valence-electron chi connectivity index (χ1n) is 6.24. The molecule has 0 heterocycles. The summed E-state index contributed by atoms with van der Waals surface area (Å²) in [5.41, 5.74) is 0.940. The van der Waals surface area contributed by atoms with Crippen LogP contribution in [-0.4, -0.2) is 31.8 Å². The van der Waals surface area contributed by atoms with Crippen molar-refractivity contribution in [3.05, 3.63) is 23.8 Å². The number of amides is 1. The molecule has 2 N–H and O–H groups in total. The van der Waals surface area contributed by atoms with E-state index in [1.807, 2.05) is 25.1 Å². The van der Waals surface area contributed by atoms with Crippen LogP contribution in [0.3, 0.4) is 0 Å². The number of benzene rings is 1. The maximum Gasteiger partial charge on any atom is 0.220 e. The van der Waals surface area contributed by atoms with E-state index in [4.69, 9.17) is 14.6 Å². The summed E-state index contributed by atoms with van der Waals surface area (Å²) in [4.78, 5) is 11.6. The van der Waals surface area contributed by atoms with Gasteiger partial charge in [-0.1, -0.05) is 6.07 Å². The number of hydrogen-bond donors (Lipinski definition) is 2. The highest BCUT2D eigenvalue weighted by molar-refractivity contribution is 5.76. The maximum absolute atomic E-state index is 11.6. The van der Waals surface area contributed by atoms with Crippen molar-refractivity contribution in [2.24, 2.45) is 0 Å². The average Bonchev–Trinajstić information content (AvgIpc) is 2.44. The summed E-state index contributed by atoms with van der Waals surface area (Å²) in [6, 6.07) is 5.42. The van der Waals surface area contributed by atoms with Gasteiger partial charge in [0.1, 0.15) is 0 Å². The standard InChI is InChI=1S/C14H21NO4/c1-10(15-14(17)5-4-8-16)11-6-7-12(18-2)13(9-11)19-3/h6-7,9-10,16H,4-5,8H2,1-3H3,(H,15,17). The second-order valence-electron chi connectivity index (χ2n) is 4.23. The average molecular weight is 267 g/mol. The summed E-state index contributed by atoms with van der Waals surface area (Å²) >= 11 is 0. The van der Waals surface area contributed by atoms with Crippen LogP contribution in [0.25, 0.3) is 0 Å². The van der Waals surface area contributed by atoms with E-state index in [-0.39, 0.29) is 18.6 Å². The fourth-order valence-corrected chi connectivity index (χ4v) is 1.76. The van der Waals surface area contributed by atoms with E-state index in [1.165, 1.54) is 0 Å². The van der Waals surface area contributed by atoms with Crippen LogP contribution >= 0.6 is 0 Å². The van der Waals surface area contributed by atoms with Crippen molar-refractivity contribution in [3.63, 3.8) is 0 Å². The van der Waals surface area contributed by atoms with E-state index in [0.717, 1.165) is 5.56 Å². The Morgan fingerprint density at radius 2 is 2.00 bits per heavy atom. The molecule has 5 heteroatoms. The Labute approximate surface area is 113 Å². The van der Waals surface area contributed by atoms with Crippen LogP contribution in [0, 0.1) is 0 Å². The van der Waals surface area contributed by atoms with E-state index in [9.17, 15) is 4.79 Å². The quantitative estimate of drug-likeness (QED) is 0.788. The molecule has 0 spiro atoms. The number of nitrogens with one attached hydrogen (secondary N) is 1. The van der Waals surface area contributed by atoms with E-state index in [0.29, 0.717) is 24.3 Å². The second kappa shape index (κ2) is 7.63. The maximum atomic E-state index is 11.6. The first-order valence-corrected chi connectivity index (χ1v) is 6.24. The fraction of sp³-hybridized carbons (Fsp3) is 0.500. The zero-order valence-electron chi connectivity index (χ0n) is 11.6. The highest BCUT2D eigenvalue weighted by atomic mass is 16.5. The molecule has 0 aliphatic carbocycles.